The Kier molecular flexibility index (Phi) is 7.83. The number of nitrogens with one attached hydrogen (secondary N) is 2. The molecule has 0 saturated carbocycles. The average Bonchev–Trinajstić information content (AvgIpc) is 3.35. The highest BCUT2D eigenvalue weighted by atomic mass is 32.1. The van der Waals surface area contributed by atoms with Crippen molar-refractivity contribution in [1.82, 2.24) is 10.3 Å². The van der Waals surface area contributed by atoms with Crippen LogP contribution in [0, 0.1) is 10.1 Å². The molecule has 10 heteroatoms. The lowest BCUT2D eigenvalue weighted by Gasteiger charge is -2.28. The van der Waals surface area contributed by atoms with Crippen molar-refractivity contribution in [2.24, 2.45) is 0 Å². The first-order valence-electron chi connectivity index (χ1n) is 13.0. The number of amides is 1. The van der Waals surface area contributed by atoms with Crippen LogP contribution in [-0.4, -0.2) is 34.0 Å². The molecule has 1 aromatic heterocycles. The Labute approximate surface area is 231 Å². The highest BCUT2D eigenvalue weighted by Crippen LogP contribution is 2.31. The topological polar surface area (TPSA) is 114 Å². The quantitative estimate of drug-likeness (QED) is 0.166. The normalized spacial score (nSPS) is 13.3. The number of nitrogens with zero attached hydrogens (tertiary/aromatic N) is 3. The Morgan fingerprint density at radius 1 is 1.05 bits per heavy atom. The second kappa shape index (κ2) is 11.6. The number of carbonyl (C=O) groups excluding carboxylic acids is 1. The second-order valence-corrected chi connectivity index (χ2v) is 9.96. The molecule has 1 aliphatic rings. The van der Waals surface area contributed by atoms with Crippen LogP contribution in [-0.2, 0) is 12.8 Å². The monoisotopic (exact) mass is 543 g/mol. The van der Waals surface area contributed by atoms with Crippen LogP contribution in [0.3, 0.4) is 0 Å². The summed E-state index contributed by atoms with van der Waals surface area (Å²) >= 11 is 5.31. The largest absolute Gasteiger partial charge is 0.440 e. The van der Waals surface area contributed by atoms with E-state index in [1.54, 1.807) is 12.1 Å². The molecular weight excluding hydrogens is 514 g/mol. The van der Waals surface area contributed by atoms with Gasteiger partial charge in [-0.05, 0) is 85.4 Å². The second-order valence-electron chi connectivity index (χ2n) is 9.55. The first kappa shape index (κ1) is 26.3. The summed E-state index contributed by atoms with van der Waals surface area (Å²) < 4.78 is 5.88. The van der Waals surface area contributed by atoms with Crippen molar-refractivity contribution < 1.29 is 14.1 Å². The Hall–Kier alpha value is -4.31. The number of rotatable bonds is 7. The van der Waals surface area contributed by atoms with Crippen LogP contribution in [0.2, 0.25) is 0 Å². The zero-order valence-electron chi connectivity index (χ0n) is 21.6. The SMILES string of the molecule is CCc1ccc2oc(Cc3ccc(NC(=S)NC(=O)c4ccc(N5CCCCC5)c([N+](=O)[O-])c4)cc3)nc2c1. The van der Waals surface area contributed by atoms with E-state index in [0.717, 1.165) is 55.4 Å². The van der Waals surface area contributed by atoms with E-state index >= 15 is 0 Å². The average molecular weight is 544 g/mol. The predicted octanol–water partition coefficient (Wildman–Crippen LogP) is 6.01. The van der Waals surface area contributed by atoms with Gasteiger partial charge in [-0.1, -0.05) is 25.1 Å². The number of thiocarbonyl (C=S) groups is 1. The van der Waals surface area contributed by atoms with Gasteiger partial charge in [0.1, 0.15) is 11.2 Å². The van der Waals surface area contributed by atoms with Gasteiger partial charge in [0.2, 0.25) is 0 Å². The van der Waals surface area contributed by atoms with Crippen molar-refractivity contribution in [1.29, 1.82) is 0 Å². The number of piperidine rings is 1. The molecule has 4 aromatic rings. The van der Waals surface area contributed by atoms with Crippen molar-refractivity contribution in [2.75, 3.05) is 23.3 Å². The maximum Gasteiger partial charge on any atom is 0.293 e. The van der Waals surface area contributed by atoms with Gasteiger partial charge in [0, 0.05) is 36.8 Å². The fraction of sp³-hybridized carbons (Fsp3) is 0.276. The molecule has 1 amide bonds. The van der Waals surface area contributed by atoms with Gasteiger partial charge in [-0.2, -0.15) is 0 Å². The highest BCUT2D eigenvalue weighted by molar-refractivity contribution is 7.80. The van der Waals surface area contributed by atoms with E-state index in [0.29, 0.717) is 23.7 Å². The first-order chi connectivity index (χ1) is 18.9. The lowest BCUT2D eigenvalue weighted by Crippen LogP contribution is -2.34. The molecular formula is C29H29N5O4S. The summed E-state index contributed by atoms with van der Waals surface area (Å²) in [5, 5.41) is 17.4. The number of anilines is 2. The Balaban J connectivity index is 1.20. The van der Waals surface area contributed by atoms with E-state index in [1.807, 2.05) is 47.4 Å². The zero-order chi connectivity index (χ0) is 27.4. The van der Waals surface area contributed by atoms with Crippen molar-refractivity contribution in [3.63, 3.8) is 0 Å². The summed E-state index contributed by atoms with van der Waals surface area (Å²) in [6, 6.07) is 18.2. The fourth-order valence-corrected chi connectivity index (χ4v) is 4.96. The van der Waals surface area contributed by atoms with Gasteiger partial charge in [-0.3, -0.25) is 20.2 Å². The van der Waals surface area contributed by atoms with E-state index in [-0.39, 0.29) is 16.4 Å². The molecule has 0 unspecified atom stereocenters. The van der Waals surface area contributed by atoms with Gasteiger partial charge in [0.15, 0.2) is 16.6 Å². The number of hydrogen-bond donors (Lipinski definition) is 2. The molecule has 2 N–H and O–H groups in total. The van der Waals surface area contributed by atoms with Crippen LogP contribution < -0.4 is 15.5 Å². The molecule has 0 atom stereocenters. The lowest BCUT2D eigenvalue weighted by molar-refractivity contribution is -0.384. The molecule has 39 heavy (non-hydrogen) atoms. The van der Waals surface area contributed by atoms with E-state index in [4.69, 9.17) is 16.6 Å². The third-order valence-corrected chi connectivity index (χ3v) is 7.03. The number of fused-ring (bicyclic) bond motifs is 1. The molecule has 0 bridgehead atoms. The third-order valence-electron chi connectivity index (χ3n) is 6.83. The standard InChI is InChI=1S/C29H29N5O4S/c1-2-19-8-13-26-23(16-19)31-27(38-26)17-20-6-10-22(11-7-20)30-29(39)32-28(35)21-9-12-24(25(18-21)34(36)37)33-14-4-3-5-15-33/h6-13,16,18H,2-5,14-15,17H2,1H3,(H2,30,32,35,39). The number of hydrogen-bond acceptors (Lipinski definition) is 7. The van der Waals surface area contributed by atoms with E-state index in [9.17, 15) is 14.9 Å². The lowest BCUT2D eigenvalue weighted by atomic mass is 10.1. The summed E-state index contributed by atoms with van der Waals surface area (Å²) in [4.78, 5) is 30.7. The van der Waals surface area contributed by atoms with Crippen LogP contribution >= 0.6 is 12.2 Å². The number of aryl methyl sites for hydroxylation is 1. The van der Waals surface area contributed by atoms with Crippen molar-refractivity contribution in [3.05, 3.63) is 93.4 Å². The highest BCUT2D eigenvalue weighted by Gasteiger charge is 2.23. The van der Waals surface area contributed by atoms with Gasteiger partial charge in [0.05, 0.1) is 4.92 Å². The van der Waals surface area contributed by atoms with Crippen molar-refractivity contribution >= 4 is 51.4 Å². The van der Waals surface area contributed by atoms with Crippen molar-refractivity contribution in [2.45, 2.75) is 39.0 Å². The van der Waals surface area contributed by atoms with Gasteiger partial charge >= 0.3 is 0 Å². The van der Waals surface area contributed by atoms with Crippen LogP contribution in [0.15, 0.2) is 65.1 Å². The number of oxazole rings is 1. The van der Waals surface area contributed by atoms with Crippen LogP contribution in [0.4, 0.5) is 17.1 Å². The Morgan fingerprint density at radius 3 is 2.51 bits per heavy atom. The van der Waals surface area contributed by atoms with Crippen LogP contribution in [0.1, 0.15) is 53.6 Å². The van der Waals surface area contributed by atoms with E-state index in [2.05, 4.69) is 22.5 Å². The van der Waals surface area contributed by atoms with Crippen molar-refractivity contribution in [3.8, 4) is 0 Å². The molecule has 0 aliphatic carbocycles. The molecule has 1 saturated heterocycles. The molecule has 5 rings (SSSR count). The van der Waals surface area contributed by atoms with E-state index < -0.39 is 10.8 Å². The molecule has 0 radical (unpaired) electrons. The maximum absolute atomic E-state index is 12.8. The molecule has 1 fully saturated rings. The first-order valence-corrected chi connectivity index (χ1v) is 13.4. The number of carbonyl (C=O) groups is 1. The van der Waals surface area contributed by atoms with Gasteiger partial charge in [-0.25, -0.2) is 4.98 Å². The fourth-order valence-electron chi connectivity index (χ4n) is 4.75. The minimum absolute atomic E-state index is 0.0798. The molecule has 3 aromatic carbocycles. The molecule has 9 nitrogen and oxygen atoms in total. The minimum Gasteiger partial charge on any atom is -0.440 e. The minimum atomic E-state index is -0.514. The van der Waals surface area contributed by atoms with E-state index in [1.165, 1.54) is 11.6 Å². The number of aromatic nitrogens is 1. The molecule has 200 valence electrons. The number of nitro benzene ring substituents is 1. The smallest absolute Gasteiger partial charge is 0.293 e. The van der Waals surface area contributed by atoms with Gasteiger partial charge in [0.25, 0.3) is 11.6 Å². The van der Waals surface area contributed by atoms with Crippen LogP contribution in [0.5, 0.6) is 0 Å². The van der Waals surface area contributed by atoms with Crippen LogP contribution in [0.25, 0.3) is 11.1 Å². The summed E-state index contributed by atoms with van der Waals surface area (Å²) in [7, 11) is 0. The Morgan fingerprint density at radius 2 is 1.79 bits per heavy atom. The molecule has 0 spiro atoms. The van der Waals surface area contributed by atoms with Gasteiger partial charge in [-0.15, -0.1) is 0 Å². The number of benzene rings is 3. The molecule has 2 heterocycles. The summed E-state index contributed by atoms with van der Waals surface area (Å²) in [5.74, 6) is 0.127. The third kappa shape index (κ3) is 6.23. The summed E-state index contributed by atoms with van der Waals surface area (Å²) in [6.45, 7) is 3.65. The predicted molar refractivity (Wildman–Crippen MR) is 155 cm³/mol. The summed E-state index contributed by atoms with van der Waals surface area (Å²) in [6.07, 6.45) is 4.60. The number of nitro groups is 1. The maximum atomic E-state index is 12.8. The molecule has 1 aliphatic heterocycles. The summed E-state index contributed by atoms with van der Waals surface area (Å²) in [5.41, 5.74) is 5.19. The zero-order valence-corrected chi connectivity index (χ0v) is 22.4. The Bertz CT molecular complexity index is 1530. The van der Waals surface area contributed by atoms with Gasteiger partial charge < -0.3 is 14.6 Å².